The van der Waals surface area contributed by atoms with Gasteiger partial charge in [-0.25, -0.2) is 4.98 Å². The predicted octanol–water partition coefficient (Wildman–Crippen LogP) is 2.04. The molecule has 138 valence electrons. The van der Waals surface area contributed by atoms with Crippen LogP contribution in [-0.4, -0.2) is 53.3 Å². The summed E-state index contributed by atoms with van der Waals surface area (Å²) in [6, 6.07) is 7.63. The van der Waals surface area contributed by atoms with Crippen molar-refractivity contribution in [1.82, 2.24) is 14.8 Å². The molecule has 1 aliphatic heterocycles. The zero-order valence-electron chi connectivity index (χ0n) is 15.3. The van der Waals surface area contributed by atoms with Crippen LogP contribution in [0.2, 0.25) is 0 Å². The van der Waals surface area contributed by atoms with Crippen LogP contribution in [0.4, 0.5) is 0 Å². The number of carbonyl (C=O) groups excluding carboxylic acids is 2. The lowest BCUT2D eigenvalue weighted by atomic mass is 10.1. The zero-order chi connectivity index (χ0) is 18.7. The number of carbonyl (C=O) groups is 2. The Kier molecular flexibility index (Phi) is 5.25. The highest BCUT2D eigenvalue weighted by atomic mass is 16.5. The van der Waals surface area contributed by atoms with Crippen molar-refractivity contribution < 1.29 is 18.7 Å². The molecular formula is C19H23N3O4. The van der Waals surface area contributed by atoms with Gasteiger partial charge in [-0.3, -0.25) is 9.59 Å². The van der Waals surface area contributed by atoms with Crippen LogP contribution in [0.25, 0.3) is 0 Å². The molecule has 2 heterocycles. The molecule has 1 fully saturated rings. The number of methoxy groups -OCH3 is 1. The number of hydrogen-bond donors (Lipinski definition) is 0. The quantitative estimate of drug-likeness (QED) is 0.818. The second-order valence-corrected chi connectivity index (χ2v) is 6.27. The minimum absolute atomic E-state index is 0.0460. The highest BCUT2D eigenvalue weighted by molar-refractivity contribution is 5.95. The van der Waals surface area contributed by atoms with Crippen molar-refractivity contribution in [3.8, 4) is 5.75 Å². The van der Waals surface area contributed by atoms with Crippen LogP contribution in [0.3, 0.4) is 0 Å². The van der Waals surface area contributed by atoms with Gasteiger partial charge in [-0.05, 0) is 24.6 Å². The van der Waals surface area contributed by atoms with Crippen molar-refractivity contribution >= 4 is 11.8 Å². The fraction of sp³-hybridized carbons (Fsp3) is 0.421. The molecule has 0 atom stereocenters. The van der Waals surface area contributed by atoms with Crippen molar-refractivity contribution in [1.29, 1.82) is 0 Å². The second kappa shape index (κ2) is 7.59. The van der Waals surface area contributed by atoms with E-state index in [1.807, 2.05) is 31.2 Å². The third kappa shape index (κ3) is 3.71. The smallest absolute Gasteiger partial charge is 0.292 e. The van der Waals surface area contributed by atoms with E-state index in [2.05, 4.69) is 4.98 Å². The van der Waals surface area contributed by atoms with Gasteiger partial charge < -0.3 is 19.0 Å². The van der Waals surface area contributed by atoms with E-state index in [0.29, 0.717) is 37.6 Å². The first-order chi connectivity index (χ1) is 12.5. The van der Waals surface area contributed by atoms with Crippen LogP contribution in [0.1, 0.15) is 34.6 Å². The number of ether oxygens (including phenoxy) is 1. The van der Waals surface area contributed by atoms with E-state index in [0.717, 1.165) is 11.3 Å². The van der Waals surface area contributed by atoms with Gasteiger partial charge in [0, 0.05) is 26.1 Å². The highest BCUT2D eigenvalue weighted by Crippen LogP contribution is 2.18. The van der Waals surface area contributed by atoms with E-state index in [1.54, 1.807) is 18.9 Å². The number of oxazole rings is 1. The summed E-state index contributed by atoms with van der Waals surface area (Å²) in [6.45, 7) is 5.16. The standard InChI is InChI=1S/C19H23N3O4/c1-4-16-20-13(2)18(26-16)19(24)22-9-8-21(17(23)12-22)11-14-6-5-7-15(10-14)25-3/h5-7,10H,4,8-9,11-12H2,1-3H3. The fourth-order valence-electron chi connectivity index (χ4n) is 2.99. The van der Waals surface area contributed by atoms with Gasteiger partial charge in [0.05, 0.1) is 12.8 Å². The lowest BCUT2D eigenvalue weighted by Crippen LogP contribution is -2.51. The van der Waals surface area contributed by atoms with Gasteiger partial charge in [0.15, 0.2) is 5.89 Å². The van der Waals surface area contributed by atoms with Crippen molar-refractivity contribution in [2.24, 2.45) is 0 Å². The van der Waals surface area contributed by atoms with E-state index >= 15 is 0 Å². The molecule has 1 aromatic carbocycles. The number of benzene rings is 1. The van der Waals surface area contributed by atoms with Crippen LogP contribution in [0, 0.1) is 6.92 Å². The number of hydrogen-bond acceptors (Lipinski definition) is 5. The summed E-state index contributed by atoms with van der Waals surface area (Å²) in [5.74, 6) is 1.17. The maximum Gasteiger partial charge on any atom is 0.292 e. The molecule has 1 saturated heterocycles. The third-order valence-electron chi connectivity index (χ3n) is 4.45. The third-order valence-corrected chi connectivity index (χ3v) is 4.45. The van der Waals surface area contributed by atoms with Crippen molar-refractivity contribution in [2.75, 3.05) is 26.7 Å². The average molecular weight is 357 g/mol. The lowest BCUT2D eigenvalue weighted by molar-refractivity contribution is -0.135. The maximum absolute atomic E-state index is 12.6. The lowest BCUT2D eigenvalue weighted by Gasteiger charge is -2.34. The number of piperazine rings is 1. The summed E-state index contributed by atoms with van der Waals surface area (Å²) in [6.07, 6.45) is 0.626. The molecule has 26 heavy (non-hydrogen) atoms. The SMILES string of the molecule is CCc1nc(C)c(C(=O)N2CCN(Cc3cccc(OC)c3)C(=O)C2)o1. The van der Waals surface area contributed by atoms with Gasteiger partial charge >= 0.3 is 0 Å². The first-order valence-corrected chi connectivity index (χ1v) is 8.68. The normalized spacial score (nSPS) is 14.7. The van der Waals surface area contributed by atoms with Crippen LogP contribution in [0.15, 0.2) is 28.7 Å². The van der Waals surface area contributed by atoms with E-state index in [-0.39, 0.29) is 24.1 Å². The molecule has 2 amide bonds. The van der Waals surface area contributed by atoms with Crippen molar-refractivity contribution in [3.05, 3.63) is 47.2 Å². The first kappa shape index (κ1) is 18.0. The van der Waals surface area contributed by atoms with E-state index in [1.165, 1.54) is 4.90 Å². The minimum atomic E-state index is -0.274. The summed E-state index contributed by atoms with van der Waals surface area (Å²) in [5, 5.41) is 0. The number of aromatic nitrogens is 1. The molecule has 0 unspecified atom stereocenters. The Hall–Kier alpha value is -2.83. The van der Waals surface area contributed by atoms with E-state index < -0.39 is 0 Å². The summed E-state index contributed by atoms with van der Waals surface area (Å²) in [7, 11) is 1.62. The molecular weight excluding hydrogens is 334 g/mol. The topological polar surface area (TPSA) is 75.9 Å². The molecule has 0 spiro atoms. The number of nitrogens with zero attached hydrogens (tertiary/aromatic N) is 3. The van der Waals surface area contributed by atoms with Crippen molar-refractivity contribution in [3.63, 3.8) is 0 Å². The second-order valence-electron chi connectivity index (χ2n) is 6.27. The summed E-state index contributed by atoms with van der Waals surface area (Å²) in [4.78, 5) is 32.7. The molecule has 3 rings (SSSR count). The van der Waals surface area contributed by atoms with E-state index in [9.17, 15) is 9.59 Å². The number of rotatable bonds is 5. The maximum atomic E-state index is 12.6. The monoisotopic (exact) mass is 357 g/mol. The molecule has 1 aromatic heterocycles. The minimum Gasteiger partial charge on any atom is -0.497 e. The van der Waals surface area contributed by atoms with Gasteiger partial charge in [-0.1, -0.05) is 19.1 Å². The Labute approximate surface area is 152 Å². The molecule has 1 aliphatic rings. The Morgan fingerprint density at radius 1 is 1.35 bits per heavy atom. The van der Waals surface area contributed by atoms with Gasteiger partial charge in [-0.15, -0.1) is 0 Å². The van der Waals surface area contributed by atoms with Gasteiger partial charge in [0.1, 0.15) is 12.3 Å². The zero-order valence-corrected chi connectivity index (χ0v) is 15.3. The van der Waals surface area contributed by atoms with Gasteiger partial charge in [0.25, 0.3) is 5.91 Å². The summed E-state index contributed by atoms with van der Waals surface area (Å²) < 4.78 is 10.7. The van der Waals surface area contributed by atoms with Crippen LogP contribution in [0.5, 0.6) is 5.75 Å². The molecule has 0 aliphatic carbocycles. The highest BCUT2D eigenvalue weighted by Gasteiger charge is 2.30. The first-order valence-electron chi connectivity index (χ1n) is 8.68. The summed E-state index contributed by atoms with van der Waals surface area (Å²) in [5.41, 5.74) is 1.56. The van der Waals surface area contributed by atoms with Gasteiger partial charge in [0.2, 0.25) is 11.7 Å². The molecule has 2 aromatic rings. The fourth-order valence-corrected chi connectivity index (χ4v) is 2.99. The molecule has 0 N–H and O–H groups in total. The van der Waals surface area contributed by atoms with Crippen LogP contribution >= 0.6 is 0 Å². The molecule has 0 bridgehead atoms. The Balaban J connectivity index is 1.65. The molecule has 0 saturated carbocycles. The van der Waals surface area contributed by atoms with E-state index in [4.69, 9.17) is 9.15 Å². The largest absolute Gasteiger partial charge is 0.497 e. The predicted molar refractivity (Wildman–Crippen MR) is 94.9 cm³/mol. The average Bonchev–Trinajstić information content (AvgIpc) is 3.04. The Bertz CT molecular complexity index is 815. The van der Waals surface area contributed by atoms with Crippen LogP contribution in [-0.2, 0) is 17.8 Å². The van der Waals surface area contributed by atoms with Crippen molar-refractivity contribution in [2.45, 2.75) is 26.8 Å². The summed E-state index contributed by atoms with van der Waals surface area (Å²) >= 11 is 0. The number of aryl methyl sites for hydroxylation is 2. The Morgan fingerprint density at radius 2 is 2.15 bits per heavy atom. The van der Waals surface area contributed by atoms with Crippen LogP contribution < -0.4 is 4.74 Å². The Morgan fingerprint density at radius 3 is 2.81 bits per heavy atom. The molecule has 7 nitrogen and oxygen atoms in total. The molecule has 0 radical (unpaired) electrons. The number of amides is 2. The molecule has 7 heteroatoms. The van der Waals surface area contributed by atoms with Gasteiger partial charge in [-0.2, -0.15) is 0 Å².